The number of aliphatic hydroxyl groups excluding tert-OH is 1. The van der Waals surface area contributed by atoms with Gasteiger partial charge in [-0.3, -0.25) is 4.79 Å². The number of rotatable bonds is 0. The normalized spacial score (nSPS) is 19.9. The number of benzene rings is 2. The van der Waals surface area contributed by atoms with Crippen LogP contribution >= 0.6 is 0 Å². The van der Waals surface area contributed by atoms with E-state index in [0.717, 1.165) is 39.9 Å². The van der Waals surface area contributed by atoms with Crippen molar-refractivity contribution in [1.29, 1.82) is 0 Å². The number of ketones is 1. The van der Waals surface area contributed by atoms with Crippen LogP contribution in [0.3, 0.4) is 0 Å². The van der Waals surface area contributed by atoms with Gasteiger partial charge in [0, 0.05) is 28.2 Å². The van der Waals surface area contributed by atoms with Crippen molar-refractivity contribution in [3.63, 3.8) is 0 Å². The summed E-state index contributed by atoms with van der Waals surface area (Å²) < 4.78 is 0. The molecule has 1 unspecified atom stereocenters. The van der Waals surface area contributed by atoms with E-state index in [1.165, 1.54) is 16.3 Å². The summed E-state index contributed by atoms with van der Waals surface area (Å²) in [4.78, 5) is 15.3. The number of aromatic nitrogens is 1. The van der Waals surface area contributed by atoms with Gasteiger partial charge in [0.15, 0.2) is 5.78 Å². The molecule has 108 valence electrons. The quantitative estimate of drug-likeness (QED) is 0.663. The average molecular weight is 289 g/mol. The first-order valence-corrected chi connectivity index (χ1v) is 7.72. The van der Waals surface area contributed by atoms with Crippen LogP contribution in [0.5, 0.6) is 0 Å². The lowest BCUT2D eigenvalue weighted by Crippen LogP contribution is -2.21. The standard InChI is InChI=1S/C19H15NO2/c21-10-1-2-15-17(9-10)20-16-7-5-12-11-6-8-18(22)13(11)3-4-14(12)19(15)16/h3-7,9-10,20-21H,1-2,8H2. The van der Waals surface area contributed by atoms with Crippen molar-refractivity contribution in [2.75, 3.05) is 0 Å². The Balaban J connectivity index is 1.98. The Kier molecular flexibility index (Phi) is 2.26. The molecule has 3 heteroatoms. The van der Waals surface area contributed by atoms with E-state index in [9.17, 15) is 9.90 Å². The van der Waals surface area contributed by atoms with Gasteiger partial charge in [0.05, 0.1) is 6.10 Å². The lowest BCUT2D eigenvalue weighted by molar-refractivity contribution is 0.100. The van der Waals surface area contributed by atoms with Crippen LogP contribution < -0.4 is 10.6 Å². The molecule has 5 rings (SSSR count). The number of aliphatic hydroxyl groups is 1. The van der Waals surface area contributed by atoms with Gasteiger partial charge in [0.25, 0.3) is 0 Å². The van der Waals surface area contributed by atoms with Gasteiger partial charge in [0.1, 0.15) is 0 Å². The molecule has 22 heavy (non-hydrogen) atoms. The molecule has 1 heterocycles. The third-order valence-corrected chi connectivity index (χ3v) is 4.98. The Morgan fingerprint density at radius 1 is 1.14 bits per heavy atom. The Bertz CT molecular complexity index is 1090. The number of hydrogen-bond acceptors (Lipinski definition) is 2. The molecule has 1 aromatic heterocycles. The largest absolute Gasteiger partial charge is 0.389 e. The van der Waals surface area contributed by atoms with E-state index in [1.807, 2.05) is 18.2 Å². The molecule has 0 saturated carbocycles. The lowest BCUT2D eigenvalue weighted by atomic mass is 9.95. The summed E-state index contributed by atoms with van der Waals surface area (Å²) in [5.41, 5.74) is 3.24. The maximum Gasteiger partial charge on any atom is 0.167 e. The van der Waals surface area contributed by atoms with Crippen molar-refractivity contribution in [1.82, 2.24) is 4.98 Å². The molecule has 3 aromatic rings. The number of hydrogen-bond donors (Lipinski definition) is 2. The number of aromatic amines is 1. The molecule has 2 aliphatic carbocycles. The van der Waals surface area contributed by atoms with Gasteiger partial charge in [-0.25, -0.2) is 0 Å². The number of H-pyrrole nitrogens is 1. The average Bonchev–Trinajstić information content (AvgIpc) is 3.07. The van der Waals surface area contributed by atoms with Gasteiger partial charge in [-0.15, -0.1) is 0 Å². The first-order valence-electron chi connectivity index (χ1n) is 7.72. The highest BCUT2D eigenvalue weighted by Crippen LogP contribution is 2.28. The van der Waals surface area contributed by atoms with Crippen LogP contribution in [0, 0.1) is 0 Å². The molecule has 1 atom stereocenters. The van der Waals surface area contributed by atoms with E-state index in [-0.39, 0.29) is 11.9 Å². The maximum absolute atomic E-state index is 11.9. The molecular weight excluding hydrogens is 274 g/mol. The molecule has 0 fully saturated rings. The highest BCUT2D eigenvalue weighted by atomic mass is 16.3. The number of carbonyl (C=O) groups excluding carboxylic acids is 1. The fourth-order valence-corrected chi connectivity index (χ4v) is 3.95. The maximum atomic E-state index is 11.9. The van der Waals surface area contributed by atoms with Crippen LogP contribution in [0.15, 0.2) is 24.3 Å². The number of nitrogens with one attached hydrogen (secondary N) is 1. The van der Waals surface area contributed by atoms with Crippen molar-refractivity contribution < 1.29 is 9.90 Å². The third-order valence-electron chi connectivity index (χ3n) is 4.98. The minimum absolute atomic E-state index is 0.213. The summed E-state index contributed by atoms with van der Waals surface area (Å²) in [6, 6.07) is 8.23. The Hall–Kier alpha value is -2.39. The molecule has 0 radical (unpaired) electrons. The van der Waals surface area contributed by atoms with Crippen molar-refractivity contribution in [3.8, 4) is 0 Å². The van der Waals surface area contributed by atoms with Crippen LogP contribution in [0.4, 0.5) is 0 Å². The second-order valence-corrected chi connectivity index (χ2v) is 6.23. The predicted molar refractivity (Wildman–Crippen MR) is 87.3 cm³/mol. The van der Waals surface area contributed by atoms with Crippen molar-refractivity contribution in [2.24, 2.45) is 0 Å². The van der Waals surface area contributed by atoms with Crippen molar-refractivity contribution in [3.05, 3.63) is 46.0 Å². The lowest BCUT2D eigenvalue weighted by Gasteiger charge is -2.11. The zero-order valence-electron chi connectivity index (χ0n) is 12.0. The highest BCUT2D eigenvalue weighted by Gasteiger charge is 2.19. The minimum atomic E-state index is -0.359. The molecule has 0 aliphatic heterocycles. The summed E-state index contributed by atoms with van der Waals surface area (Å²) in [7, 11) is 0. The smallest absolute Gasteiger partial charge is 0.167 e. The number of Topliss-reactive ketones (excluding diaryl/α,β-unsaturated/α-hetero) is 1. The van der Waals surface area contributed by atoms with Gasteiger partial charge in [-0.1, -0.05) is 24.3 Å². The van der Waals surface area contributed by atoms with E-state index < -0.39 is 0 Å². The Morgan fingerprint density at radius 2 is 2.00 bits per heavy atom. The molecule has 2 N–H and O–H groups in total. The highest BCUT2D eigenvalue weighted by molar-refractivity contribution is 6.13. The molecule has 3 nitrogen and oxygen atoms in total. The van der Waals surface area contributed by atoms with Crippen molar-refractivity contribution >= 4 is 39.6 Å². The number of fused-ring (bicyclic) bond motifs is 7. The first kappa shape index (κ1) is 12.2. The molecular formula is C19H15NO2. The second kappa shape index (κ2) is 4.08. The van der Waals surface area contributed by atoms with Gasteiger partial charge < -0.3 is 10.1 Å². The number of aryl methyl sites for hydroxylation is 1. The molecule has 2 aliphatic rings. The van der Waals surface area contributed by atoms with Crippen LogP contribution in [0.25, 0.3) is 33.8 Å². The molecule has 0 spiro atoms. The van der Waals surface area contributed by atoms with E-state index >= 15 is 0 Å². The summed E-state index contributed by atoms with van der Waals surface area (Å²) >= 11 is 0. The topological polar surface area (TPSA) is 53.1 Å². The van der Waals surface area contributed by atoms with Crippen LogP contribution in [0.1, 0.15) is 28.8 Å². The summed E-state index contributed by atoms with van der Waals surface area (Å²) in [6.07, 6.45) is 5.76. The van der Waals surface area contributed by atoms with Gasteiger partial charge in [-0.05, 0) is 46.5 Å². The predicted octanol–water partition coefficient (Wildman–Crippen LogP) is 1.78. The van der Waals surface area contributed by atoms with Gasteiger partial charge in [-0.2, -0.15) is 0 Å². The third kappa shape index (κ3) is 1.46. The zero-order valence-corrected chi connectivity index (χ0v) is 12.0. The van der Waals surface area contributed by atoms with Crippen LogP contribution in [0.2, 0.25) is 0 Å². The summed E-state index contributed by atoms with van der Waals surface area (Å²) in [6.45, 7) is 0. The Morgan fingerprint density at radius 3 is 2.91 bits per heavy atom. The van der Waals surface area contributed by atoms with Crippen LogP contribution in [-0.2, 0) is 6.42 Å². The summed E-state index contributed by atoms with van der Waals surface area (Å²) in [5.74, 6) is 0.213. The van der Waals surface area contributed by atoms with Gasteiger partial charge >= 0.3 is 0 Å². The Labute approximate surface area is 126 Å². The fourth-order valence-electron chi connectivity index (χ4n) is 3.95. The molecule has 0 saturated heterocycles. The zero-order chi connectivity index (χ0) is 14.8. The number of carbonyl (C=O) groups is 1. The van der Waals surface area contributed by atoms with E-state index in [4.69, 9.17) is 0 Å². The van der Waals surface area contributed by atoms with E-state index in [2.05, 4.69) is 23.2 Å². The summed E-state index contributed by atoms with van der Waals surface area (Å²) in [5, 5.41) is 15.6. The van der Waals surface area contributed by atoms with E-state index in [0.29, 0.717) is 6.42 Å². The van der Waals surface area contributed by atoms with Gasteiger partial charge in [0.2, 0.25) is 0 Å². The monoisotopic (exact) mass is 289 g/mol. The molecule has 2 aromatic carbocycles. The SMILES string of the molecule is O=C1CC=c2c1ccc1c2ccc2[nH]c3c(c21)CCC(O)C=3. The van der Waals surface area contributed by atoms with Crippen LogP contribution in [-0.4, -0.2) is 22.0 Å². The fraction of sp³-hybridized carbons (Fsp3) is 0.211. The van der Waals surface area contributed by atoms with E-state index in [1.54, 1.807) is 0 Å². The first-order chi connectivity index (χ1) is 10.7. The second-order valence-electron chi connectivity index (χ2n) is 6.23. The molecule has 0 bridgehead atoms. The molecule has 0 amide bonds. The van der Waals surface area contributed by atoms with Crippen molar-refractivity contribution in [2.45, 2.75) is 25.4 Å². The minimum Gasteiger partial charge on any atom is -0.389 e.